The maximum Gasteiger partial charge on any atom is 0.0859 e. The van der Waals surface area contributed by atoms with Gasteiger partial charge in [0.2, 0.25) is 0 Å². The summed E-state index contributed by atoms with van der Waals surface area (Å²) in [6.07, 6.45) is 11.4. The van der Waals surface area contributed by atoms with Crippen molar-refractivity contribution >= 4 is 0 Å². The number of fused-ring (bicyclic) bond motifs is 1. The fraction of sp³-hybridized carbons (Fsp3) is 0.882. The average molecular weight is 281 g/mol. The van der Waals surface area contributed by atoms with Crippen molar-refractivity contribution in [3.05, 3.63) is 11.4 Å². The van der Waals surface area contributed by atoms with E-state index in [1.165, 1.54) is 62.8 Å². The Morgan fingerprint density at radius 2 is 1.55 bits per heavy atom. The van der Waals surface area contributed by atoms with Crippen LogP contribution < -0.4 is 0 Å². The molecule has 1 aromatic rings. The summed E-state index contributed by atoms with van der Waals surface area (Å²) in [4.78, 5) is 0. The normalized spacial score (nSPS) is 13.8. The maximum absolute atomic E-state index is 4.32. The van der Waals surface area contributed by atoms with Crippen LogP contribution in [0.3, 0.4) is 0 Å². The van der Waals surface area contributed by atoms with Crippen molar-refractivity contribution in [1.82, 2.24) is 15.0 Å². The van der Waals surface area contributed by atoms with Crippen LogP contribution >= 0.6 is 0 Å². The van der Waals surface area contributed by atoms with E-state index in [4.69, 9.17) is 0 Å². The number of rotatable bonds is 3. The summed E-state index contributed by atoms with van der Waals surface area (Å²) in [5.74, 6) is 0. The molecule has 0 fully saturated rings. The van der Waals surface area contributed by atoms with Gasteiger partial charge in [0.25, 0.3) is 0 Å². The lowest BCUT2D eigenvalue weighted by Gasteiger charge is -2.10. The standard InChI is InChI=1S/C12H21N3.C3H8.C2H6/c1-2-3-10-15-12-9-7-5-4-6-8-11(12)13-14-15;1-3-2;1-2/h2-10H2,1H3;3H2,1-2H3;1-2H3. The summed E-state index contributed by atoms with van der Waals surface area (Å²) >= 11 is 0. The van der Waals surface area contributed by atoms with Gasteiger partial charge in [0.15, 0.2) is 0 Å². The monoisotopic (exact) mass is 281 g/mol. The molecule has 0 bridgehead atoms. The number of nitrogens with zero attached hydrogens (tertiary/aromatic N) is 3. The van der Waals surface area contributed by atoms with Crippen LogP contribution in [0.2, 0.25) is 0 Å². The Kier molecular flexibility index (Phi) is 12.6. The molecule has 0 aromatic carbocycles. The van der Waals surface area contributed by atoms with Crippen LogP contribution in [0.4, 0.5) is 0 Å². The van der Waals surface area contributed by atoms with Crippen molar-refractivity contribution < 1.29 is 0 Å². The number of hydrogen-bond donors (Lipinski definition) is 0. The lowest BCUT2D eigenvalue weighted by molar-refractivity contribution is 0.520. The van der Waals surface area contributed by atoms with E-state index in [2.05, 4.69) is 35.8 Å². The van der Waals surface area contributed by atoms with Gasteiger partial charge in [-0.1, -0.05) is 65.5 Å². The predicted molar refractivity (Wildman–Crippen MR) is 88.1 cm³/mol. The first-order chi connectivity index (χ1) is 9.83. The molecule has 3 nitrogen and oxygen atoms in total. The fourth-order valence-corrected chi connectivity index (χ4v) is 2.26. The quantitative estimate of drug-likeness (QED) is 0.764. The van der Waals surface area contributed by atoms with Gasteiger partial charge >= 0.3 is 0 Å². The van der Waals surface area contributed by atoms with Crippen molar-refractivity contribution in [2.24, 2.45) is 0 Å². The molecule has 0 unspecified atom stereocenters. The third-order valence-corrected chi connectivity index (χ3v) is 3.22. The van der Waals surface area contributed by atoms with Crippen LogP contribution in [0, 0.1) is 0 Å². The second-order valence-electron chi connectivity index (χ2n) is 5.18. The van der Waals surface area contributed by atoms with Gasteiger partial charge in [-0.25, -0.2) is 4.68 Å². The Morgan fingerprint density at radius 3 is 2.15 bits per heavy atom. The summed E-state index contributed by atoms with van der Waals surface area (Å²) < 4.78 is 2.14. The summed E-state index contributed by atoms with van der Waals surface area (Å²) in [5.41, 5.74) is 2.69. The molecule has 1 aromatic heterocycles. The Bertz CT molecular complexity index is 318. The van der Waals surface area contributed by atoms with E-state index in [1.54, 1.807) is 0 Å². The van der Waals surface area contributed by atoms with Crippen LogP contribution in [0.1, 0.15) is 91.0 Å². The second kappa shape index (κ2) is 13.1. The summed E-state index contributed by atoms with van der Waals surface area (Å²) in [7, 11) is 0. The van der Waals surface area contributed by atoms with Gasteiger partial charge in [-0.15, -0.1) is 5.10 Å². The van der Waals surface area contributed by atoms with Gasteiger partial charge in [-0.2, -0.15) is 0 Å². The summed E-state index contributed by atoms with van der Waals surface area (Å²) in [5, 5.41) is 8.61. The van der Waals surface area contributed by atoms with Crippen molar-refractivity contribution in [2.75, 3.05) is 0 Å². The maximum atomic E-state index is 4.32. The molecule has 1 aliphatic rings. The van der Waals surface area contributed by atoms with Gasteiger partial charge in [-0.3, -0.25) is 0 Å². The fourth-order valence-electron chi connectivity index (χ4n) is 2.26. The second-order valence-corrected chi connectivity index (χ2v) is 5.18. The minimum Gasteiger partial charge on any atom is -0.249 e. The highest BCUT2D eigenvalue weighted by Crippen LogP contribution is 2.18. The van der Waals surface area contributed by atoms with Crippen LogP contribution in [-0.4, -0.2) is 15.0 Å². The summed E-state index contributed by atoms with van der Waals surface area (Å²) in [6.45, 7) is 11.5. The average Bonchev–Trinajstić information content (AvgIpc) is 2.81. The Hall–Kier alpha value is -0.860. The van der Waals surface area contributed by atoms with E-state index in [0.717, 1.165) is 13.0 Å². The van der Waals surface area contributed by atoms with Gasteiger partial charge in [0, 0.05) is 6.54 Å². The molecule has 0 N–H and O–H groups in total. The highest BCUT2D eigenvalue weighted by Gasteiger charge is 2.13. The van der Waals surface area contributed by atoms with Crippen LogP contribution in [0.15, 0.2) is 0 Å². The van der Waals surface area contributed by atoms with Gasteiger partial charge in [-0.05, 0) is 32.1 Å². The molecular weight excluding hydrogens is 246 g/mol. The van der Waals surface area contributed by atoms with Crippen molar-refractivity contribution in [2.45, 2.75) is 99.0 Å². The largest absolute Gasteiger partial charge is 0.249 e. The molecule has 2 rings (SSSR count). The Morgan fingerprint density at radius 1 is 0.950 bits per heavy atom. The molecule has 0 radical (unpaired) electrons. The number of aromatic nitrogens is 3. The van der Waals surface area contributed by atoms with E-state index in [1.807, 2.05) is 13.8 Å². The molecular formula is C17H35N3. The SMILES string of the molecule is CC.CCC.CCCCn1nnc2c1CCCCCC2. The lowest BCUT2D eigenvalue weighted by atomic mass is 10.0. The van der Waals surface area contributed by atoms with Crippen molar-refractivity contribution in [1.29, 1.82) is 0 Å². The molecule has 0 atom stereocenters. The number of aryl methyl sites for hydroxylation is 2. The molecule has 118 valence electrons. The minimum atomic E-state index is 1.05. The van der Waals surface area contributed by atoms with Crippen molar-refractivity contribution in [3.8, 4) is 0 Å². The minimum absolute atomic E-state index is 1.05. The topological polar surface area (TPSA) is 30.7 Å². The number of hydrogen-bond acceptors (Lipinski definition) is 2. The van der Waals surface area contributed by atoms with Crippen LogP contribution in [-0.2, 0) is 19.4 Å². The molecule has 0 amide bonds. The van der Waals surface area contributed by atoms with Crippen LogP contribution in [0.25, 0.3) is 0 Å². The molecule has 0 aliphatic heterocycles. The first kappa shape index (κ1) is 19.1. The highest BCUT2D eigenvalue weighted by atomic mass is 15.4. The van der Waals surface area contributed by atoms with E-state index < -0.39 is 0 Å². The lowest BCUT2D eigenvalue weighted by Crippen LogP contribution is -2.08. The molecule has 0 saturated heterocycles. The smallest absolute Gasteiger partial charge is 0.0859 e. The Balaban J connectivity index is 0.000000641. The van der Waals surface area contributed by atoms with E-state index in [-0.39, 0.29) is 0 Å². The molecule has 3 heteroatoms. The zero-order valence-corrected chi connectivity index (χ0v) is 14.4. The van der Waals surface area contributed by atoms with E-state index in [0.29, 0.717) is 0 Å². The third-order valence-electron chi connectivity index (χ3n) is 3.22. The molecule has 20 heavy (non-hydrogen) atoms. The Labute approximate surface area is 126 Å². The van der Waals surface area contributed by atoms with Gasteiger partial charge in [0.05, 0.1) is 11.4 Å². The number of unbranched alkanes of at least 4 members (excludes halogenated alkanes) is 1. The molecule has 1 aliphatic carbocycles. The zero-order chi connectivity index (χ0) is 15.2. The summed E-state index contributed by atoms with van der Waals surface area (Å²) in [6, 6.07) is 0. The predicted octanol–water partition coefficient (Wildman–Crippen LogP) is 5.18. The van der Waals surface area contributed by atoms with Gasteiger partial charge in [0.1, 0.15) is 0 Å². The molecule has 0 saturated carbocycles. The first-order valence-corrected chi connectivity index (χ1v) is 8.74. The molecule has 1 heterocycles. The highest BCUT2D eigenvalue weighted by molar-refractivity contribution is 5.11. The zero-order valence-electron chi connectivity index (χ0n) is 14.4. The van der Waals surface area contributed by atoms with Gasteiger partial charge < -0.3 is 0 Å². The third kappa shape index (κ3) is 7.06. The van der Waals surface area contributed by atoms with E-state index >= 15 is 0 Å². The van der Waals surface area contributed by atoms with E-state index in [9.17, 15) is 0 Å². The molecule has 0 spiro atoms. The van der Waals surface area contributed by atoms with Crippen LogP contribution in [0.5, 0.6) is 0 Å². The first-order valence-electron chi connectivity index (χ1n) is 8.74. The van der Waals surface area contributed by atoms with Crippen molar-refractivity contribution in [3.63, 3.8) is 0 Å².